The number of alkyl halides is 6. The van der Waals surface area contributed by atoms with Crippen molar-refractivity contribution in [1.29, 1.82) is 0 Å². The number of anilines is 1. The Labute approximate surface area is 249 Å². The van der Waals surface area contributed by atoms with Gasteiger partial charge in [-0.3, -0.25) is 4.79 Å². The lowest BCUT2D eigenvalue weighted by atomic mass is 10.0. The minimum absolute atomic E-state index is 0.0284. The van der Waals surface area contributed by atoms with Crippen LogP contribution in [0.25, 0.3) is 11.3 Å². The maximum atomic E-state index is 13.6. The van der Waals surface area contributed by atoms with E-state index in [1.165, 1.54) is 37.5 Å². The van der Waals surface area contributed by atoms with Crippen LogP contribution in [0.3, 0.4) is 0 Å². The second-order valence-corrected chi connectivity index (χ2v) is 10.3. The number of carbonyl (C=O) groups excluding carboxylic acids is 1. The number of carbonyl (C=O) groups is 1. The molecule has 3 N–H and O–H groups in total. The van der Waals surface area contributed by atoms with Crippen LogP contribution in [-0.4, -0.2) is 80.2 Å². The number of nitrogens with one attached hydrogen (secondary N) is 3. The first-order chi connectivity index (χ1) is 20.8. The molecule has 44 heavy (non-hydrogen) atoms. The van der Waals surface area contributed by atoms with Crippen LogP contribution in [0.1, 0.15) is 27.0 Å². The van der Waals surface area contributed by atoms with Gasteiger partial charge in [-0.1, -0.05) is 0 Å². The highest BCUT2D eigenvalue weighted by Crippen LogP contribution is 2.36. The normalized spacial score (nSPS) is 15.8. The Morgan fingerprint density at radius 2 is 1.36 bits per heavy atom. The van der Waals surface area contributed by atoms with Gasteiger partial charge < -0.3 is 25.8 Å². The van der Waals surface area contributed by atoms with Crippen LogP contribution < -0.4 is 20.9 Å². The van der Waals surface area contributed by atoms with Crippen LogP contribution in [-0.2, 0) is 18.9 Å². The molecule has 2 aliphatic heterocycles. The van der Waals surface area contributed by atoms with E-state index in [9.17, 15) is 35.5 Å². The molecule has 0 bridgehead atoms. The Balaban J connectivity index is 0.000000657. The first kappa shape index (κ1) is 33.1. The molecule has 0 saturated carbocycles. The van der Waals surface area contributed by atoms with Gasteiger partial charge in [0, 0.05) is 77.7 Å². The lowest BCUT2D eigenvalue weighted by Gasteiger charge is -2.28. The first-order valence-corrected chi connectivity index (χ1v) is 13.9. The molecule has 0 spiro atoms. The second kappa shape index (κ2) is 14.3. The lowest BCUT2D eigenvalue weighted by Crippen LogP contribution is -2.44. The van der Waals surface area contributed by atoms with Crippen LogP contribution in [0.15, 0.2) is 48.7 Å². The molecular weight excluding hydrogens is 595 g/mol. The average Bonchev–Trinajstić information content (AvgIpc) is 3.01. The molecular formula is C29H32F7N7O. The van der Waals surface area contributed by atoms with Gasteiger partial charge in [0.1, 0.15) is 5.82 Å². The van der Waals surface area contributed by atoms with E-state index in [1.807, 2.05) is 4.90 Å². The summed E-state index contributed by atoms with van der Waals surface area (Å²) in [5.41, 5.74) is -2.80. The topological polar surface area (TPSA) is 85.4 Å². The molecule has 0 radical (unpaired) electrons. The van der Waals surface area contributed by atoms with Gasteiger partial charge in [0.2, 0.25) is 5.95 Å². The van der Waals surface area contributed by atoms with Gasteiger partial charge in [0.05, 0.1) is 22.4 Å². The van der Waals surface area contributed by atoms with Gasteiger partial charge in [0.25, 0.3) is 5.91 Å². The van der Waals surface area contributed by atoms with E-state index in [4.69, 9.17) is 0 Å². The molecule has 1 amide bonds. The third-order valence-electron chi connectivity index (χ3n) is 6.89. The van der Waals surface area contributed by atoms with Crippen molar-refractivity contribution in [3.8, 4) is 11.3 Å². The summed E-state index contributed by atoms with van der Waals surface area (Å²) >= 11 is 0. The maximum absolute atomic E-state index is 13.6. The summed E-state index contributed by atoms with van der Waals surface area (Å²) in [5.74, 6) is -0.917. The van der Waals surface area contributed by atoms with Crippen molar-refractivity contribution in [2.24, 2.45) is 0 Å². The number of hydrogen-bond acceptors (Lipinski definition) is 7. The molecule has 2 saturated heterocycles. The van der Waals surface area contributed by atoms with Crippen LogP contribution in [0.2, 0.25) is 0 Å². The highest BCUT2D eigenvalue weighted by Gasteiger charge is 2.37. The number of aromatic nitrogens is 2. The highest BCUT2D eigenvalue weighted by atomic mass is 19.4. The zero-order valence-corrected chi connectivity index (χ0v) is 23.8. The van der Waals surface area contributed by atoms with Crippen molar-refractivity contribution in [1.82, 2.24) is 30.8 Å². The predicted octanol–water partition coefficient (Wildman–Crippen LogP) is 4.18. The highest BCUT2D eigenvalue weighted by molar-refractivity contribution is 5.99. The maximum Gasteiger partial charge on any atom is 0.416 e. The van der Waals surface area contributed by atoms with Crippen molar-refractivity contribution in [3.05, 3.63) is 76.7 Å². The fraction of sp³-hybridized carbons (Fsp3) is 0.414. The largest absolute Gasteiger partial charge is 0.416 e. The van der Waals surface area contributed by atoms with E-state index in [-0.39, 0.29) is 22.9 Å². The van der Waals surface area contributed by atoms with Crippen LogP contribution in [0.5, 0.6) is 0 Å². The zero-order valence-electron chi connectivity index (χ0n) is 23.8. The van der Waals surface area contributed by atoms with Gasteiger partial charge in [-0.05, 0) is 48.0 Å². The van der Waals surface area contributed by atoms with Crippen molar-refractivity contribution in [3.63, 3.8) is 0 Å². The number of nitrogens with zero attached hydrogens (tertiary/aromatic N) is 4. The summed E-state index contributed by atoms with van der Waals surface area (Å²) in [4.78, 5) is 25.0. The van der Waals surface area contributed by atoms with Crippen molar-refractivity contribution in [2.75, 3.05) is 64.3 Å². The summed E-state index contributed by atoms with van der Waals surface area (Å²) in [7, 11) is 1.24. The molecule has 1 aromatic heterocycles. The summed E-state index contributed by atoms with van der Waals surface area (Å²) < 4.78 is 93.1. The summed E-state index contributed by atoms with van der Waals surface area (Å²) in [6, 6.07) is 6.37. The Morgan fingerprint density at radius 1 is 0.841 bits per heavy atom. The lowest BCUT2D eigenvalue weighted by molar-refractivity contribution is -0.143. The first-order valence-electron chi connectivity index (χ1n) is 13.9. The molecule has 2 aliphatic rings. The number of hydrogen-bond donors (Lipinski definition) is 3. The standard InChI is InChI=1S/C25H22F7N5O.C4H10N2/c1-36(14-15-10-17(24(27,28)29)12-18(11-15)25(30,31)32)22(38)20-13-34-23(37-8-6-33-7-9-37)35-21(20)16-2-4-19(26)5-3-16;1-2-6-4-3-5-1/h2-5,10-13,33H,6-9,14H2,1H3;5-6H,1-4H2. The van der Waals surface area contributed by atoms with Gasteiger partial charge in [-0.15, -0.1) is 0 Å². The van der Waals surface area contributed by atoms with Gasteiger partial charge in [-0.25, -0.2) is 14.4 Å². The van der Waals surface area contributed by atoms with E-state index >= 15 is 0 Å². The molecule has 2 aromatic carbocycles. The Bertz CT molecular complexity index is 1360. The summed E-state index contributed by atoms with van der Waals surface area (Å²) in [6.07, 6.45) is -8.76. The van der Waals surface area contributed by atoms with Crippen molar-refractivity contribution >= 4 is 11.9 Å². The van der Waals surface area contributed by atoms with Crippen molar-refractivity contribution < 1.29 is 35.5 Å². The third-order valence-corrected chi connectivity index (χ3v) is 6.89. The van der Waals surface area contributed by atoms with E-state index in [0.29, 0.717) is 49.8 Å². The number of amides is 1. The molecule has 0 atom stereocenters. The molecule has 3 heterocycles. The zero-order chi connectivity index (χ0) is 31.9. The predicted molar refractivity (Wildman–Crippen MR) is 150 cm³/mol. The van der Waals surface area contributed by atoms with Crippen molar-refractivity contribution in [2.45, 2.75) is 18.9 Å². The Kier molecular flexibility index (Phi) is 10.8. The number of rotatable bonds is 5. The van der Waals surface area contributed by atoms with Gasteiger partial charge >= 0.3 is 12.4 Å². The fourth-order valence-corrected chi connectivity index (χ4v) is 4.64. The quantitative estimate of drug-likeness (QED) is 0.366. The second-order valence-electron chi connectivity index (χ2n) is 10.3. The molecule has 0 aliphatic carbocycles. The molecule has 238 valence electrons. The number of benzene rings is 2. The minimum atomic E-state index is -5.01. The molecule has 8 nitrogen and oxygen atoms in total. The summed E-state index contributed by atoms with van der Waals surface area (Å²) in [6.45, 7) is 6.60. The molecule has 0 unspecified atom stereocenters. The third kappa shape index (κ3) is 8.86. The van der Waals surface area contributed by atoms with Gasteiger partial charge in [0.15, 0.2) is 0 Å². The SMILES string of the molecule is C1CNCCN1.CN(Cc1cc(C(F)(F)F)cc(C(F)(F)F)c1)C(=O)c1cnc(N2CCNCC2)nc1-c1ccc(F)cc1. The summed E-state index contributed by atoms with van der Waals surface area (Å²) in [5, 5.41) is 9.64. The van der Waals surface area contributed by atoms with E-state index in [0.717, 1.165) is 31.1 Å². The minimum Gasteiger partial charge on any atom is -0.338 e. The van der Waals surface area contributed by atoms with Gasteiger partial charge in [-0.2, -0.15) is 26.3 Å². The van der Waals surface area contributed by atoms with E-state index in [1.54, 1.807) is 0 Å². The number of piperazine rings is 2. The van der Waals surface area contributed by atoms with Crippen LogP contribution in [0, 0.1) is 5.82 Å². The smallest absolute Gasteiger partial charge is 0.338 e. The molecule has 2 fully saturated rings. The Hall–Kier alpha value is -3.82. The molecule has 15 heteroatoms. The molecule has 5 rings (SSSR count). The fourth-order valence-electron chi connectivity index (χ4n) is 4.64. The van der Waals surface area contributed by atoms with Crippen LogP contribution >= 0.6 is 0 Å². The van der Waals surface area contributed by atoms with E-state index < -0.39 is 41.7 Å². The van der Waals surface area contributed by atoms with E-state index in [2.05, 4.69) is 25.9 Å². The number of halogens is 7. The Morgan fingerprint density at radius 3 is 1.86 bits per heavy atom. The monoisotopic (exact) mass is 627 g/mol. The molecule has 3 aromatic rings. The average molecular weight is 628 g/mol. The van der Waals surface area contributed by atoms with Crippen LogP contribution in [0.4, 0.5) is 36.7 Å².